The topological polar surface area (TPSA) is 41.6 Å². The van der Waals surface area contributed by atoms with Crippen molar-refractivity contribution < 1.29 is 27.1 Å². The summed E-state index contributed by atoms with van der Waals surface area (Å²) < 4.78 is 55.4. The molecule has 4 nitrogen and oxygen atoms in total. The van der Waals surface area contributed by atoms with Gasteiger partial charge in [0.25, 0.3) is 0 Å². The van der Waals surface area contributed by atoms with Gasteiger partial charge in [-0.2, -0.15) is 8.78 Å². The predicted molar refractivity (Wildman–Crippen MR) is 84.4 cm³/mol. The number of alkyl halides is 2. The molecular formula is C17H16F4N2O2. The Hall–Kier alpha value is -2.61. The zero-order valence-corrected chi connectivity index (χ0v) is 13.3. The van der Waals surface area contributed by atoms with Crippen molar-refractivity contribution in [2.75, 3.05) is 18.9 Å². The van der Waals surface area contributed by atoms with Crippen LogP contribution in [0.5, 0.6) is 5.75 Å². The highest BCUT2D eigenvalue weighted by atomic mass is 19.3. The van der Waals surface area contributed by atoms with Crippen molar-refractivity contribution in [1.82, 2.24) is 4.90 Å². The maximum Gasteiger partial charge on any atom is 0.387 e. The number of likely N-dealkylation sites (N-methyl/N-ethyl adjacent to an activating group) is 1. The Balaban J connectivity index is 1.89. The molecule has 0 radical (unpaired) electrons. The lowest BCUT2D eigenvalue weighted by molar-refractivity contribution is -0.117. The molecule has 0 aliphatic heterocycles. The van der Waals surface area contributed by atoms with Gasteiger partial charge in [0.2, 0.25) is 5.91 Å². The van der Waals surface area contributed by atoms with Crippen LogP contribution in [0, 0.1) is 11.6 Å². The van der Waals surface area contributed by atoms with Gasteiger partial charge in [0, 0.05) is 6.54 Å². The van der Waals surface area contributed by atoms with Gasteiger partial charge >= 0.3 is 6.61 Å². The van der Waals surface area contributed by atoms with Crippen LogP contribution in [-0.4, -0.2) is 31.0 Å². The van der Waals surface area contributed by atoms with Crippen LogP contribution in [0.4, 0.5) is 23.2 Å². The monoisotopic (exact) mass is 356 g/mol. The maximum atomic E-state index is 13.5. The Kier molecular flexibility index (Phi) is 6.35. The van der Waals surface area contributed by atoms with Crippen molar-refractivity contribution in [3.05, 3.63) is 59.7 Å². The Morgan fingerprint density at radius 2 is 1.72 bits per heavy atom. The Bertz CT molecular complexity index is 703. The third-order valence-corrected chi connectivity index (χ3v) is 3.24. The maximum absolute atomic E-state index is 13.5. The number of hydrogen-bond acceptors (Lipinski definition) is 3. The summed E-state index contributed by atoms with van der Waals surface area (Å²) in [7, 11) is 1.64. The Morgan fingerprint density at radius 1 is 1.12 bits per heavy atom. The lowest BCUT2D eigenvalue weighted by Gasteiger charge is -2.17. The van der Waals surface area contributed by atoms with Gasteiger partial charge in [-0.25, -0.2) is 8.78 Å². The minimum atomic E-state index is -2.89. The number of carbonyl (C=O) groups excluding carboxylic acids is 1. The summed E-state index contributed by atoms with van der Waals surface area (Å²) in [5.74, 6) is -2.26. The van der Waals surface area contributed by atoms with E-state index in [2.05, 4.69) is 10.1 Å². The molecule has 0 fully saturated rings. The molecule has 0 atom stereocenters. The van der Waals surface area contributed by atoms with E-state index in [9.17, 15) is 22.4 Å². The molecule has 0 saturated heterocycles. The number of rotatable bonds is 7. The van der Waals surface area contributed by atoms with Crippen molar-refractivity contribution in [2.24, 2.45) is 0 Å². The number of ether oxygens (including phenoxy) is 1. The average Bonchev–Trinajstić information content (AvgIpc) is 2.52. The van der Waals surface area contributed by atoms with Crippen molar-refractivity contribution in [3.8, 4) is 5.75 Å². The standard InChI is InChI=1S/C17H16F4N2O2/c1-23(9-11-5-7-12(8-6-11)25-17(20)21)10-15(24)22-16-13(18)3-2-4-14(16)19/h2-8,17H,9-10H2,1H3,(H,22,24). The minimum Gasteiger partial charge on any atom is -0.435 e. The van der Waals surface area contributed by atoms with E-state index in [0.717, 1.165) is 17.7 Å². The van der Waals surface area contributed by atoms with E-state index in [1.165, 1.54) is 18.2 Å². The number of hydrogen-bond donors (Lipinski definition) is 1. The first kappa shape index (κ1) is 18.7. The number of benzene rings is 2. The van der Waals surface area contributed by atoms with Crippen molar-refractivity contribution in [3.63, 3.8) is 0 Å². The molecule has 0 saturated carbocycles. The summed E-state index contributed by atoms with van der Waals surface area (Å²) >= 11 is 0. The third kappa shape index (κ3) is 5.75. The van der Waals surface area contributed by atoms with E-state index < -0.39 is 29.8 Å². The van der Waals surface area contributed by atoms with E-state index in [0.29, 0.717) is 6.54 Å². The molecule has 134 valence electrons. The largest absolute Gasteiger partial charge is 0.435 e. The fourth-order valence-corrected chi connectivity index (χ4v) is 2.19. The molecular weight excluding hydrogens is 340 g/mol. The van der Waals surface area contributed by atoms with Gasteiger partial charge in [-0.15, -0.1) is 0 Å². The minimum absolute atomic E-state index is 0.0363. The average molecular weight is 356 g/mol. The molecule has 0 unspecified atom stereocenters. The van der Waals surface area contributed by atoms with E-state index in [4.69, 9.17) is 0 Å². The Morgan fingerprint density at radius 3 is 2.28 bits per heavy atom. The van der Waals surface area contributed by atoms with Gasteiger partial charge in [0.05, 0.1) is 6.54 Å². The zero-order chi connectivity index (χ0) is 18.4. The molecule has 0 aliphatic carbocycles. The first-order chi connectivity index (χ1) is 11.8. The lowest BCUT2D eigenvalue weighted by Crippen LogP contribution is -2.30. The van der Waals surface area contributed by atoms with Crippen molar-refractivity contribution in [2.45, 2.75) is 13.2 Å². The number of nitrogens with one attached hydrogen (secondary N) is 1. The molecule has 0 bridgehead atoms. The molecule has 1 N–H and O–H groups in total. The van der Waals surface area contributed by atoms with Gasteiger partial charge in [0.15, 0.2) is 0 Å². The summed E-state index contributed by atoms with van der Waals surface area (Å²) in [4.78, 5) is 13.5. The van der Waals surface area contributed by atoms with Crippen LogP contribution in [0.25, 0.3) is 0 Å². The van der Waals surface area contributed by atoms with Crippen LogP contribution in [0.1, 0.15) is 5.56 Å². The lowest BCUT2D eigenvalue weighted by atomic mass is 10.2. The first-order valence-corrected chi connectivity index (χ1v) is 7.31. The molecule has 2 rings (SSSR count). The number of amides is 1. The zero-order valence-electron chi connectivity index (χ0n) is 13.3. The van der Waals surface area contributed by atoms with Crippen LogP contribution in [0.15, 0.2) is 42.5 Å². The van der Waals surface area contributed by atoms with Crippen LogP contribution in [0.2, 0.25) is 0 Å². The summed E-state index contributed by atoms with van der Waals surface area (Å²) in [6.07, 6.45) is 0. The van der Waals surface area contributed by atoms with Crippen molar-refractivity contribution >= 4 is 11.6 Å². The quantitative estimate of drug-likeness (QED) is 0.771. The summed E-state index contributed by atoms with van der Waals surface area (Å²) in [6, 6.07) is 9.25. The molecule has 2 aromatic carbocycles. The van der Waals surface area contributed by atoms with Gasteiger partial charge in [-0.3, -0.25) is 9.69 Å². The number of anilines is 1. The fraction of sp³-hybridized carbons (Fsp3) is 0.235. The second kappa shape index (κ2) is 8.48. The van der Waals surface area contributed by atoms with Crippen LogP contribution in [0.3, 0.4) is 0 Å². The third-order valence-electron chi connectivity index (χ3n) is 3.24. The highest BCUT2D eigenvalue weighted by Crippen LogP contribution is 2.18. The van der Waals surface area contributed by atoms with Crippen LogP contribution < -0.4 is 10.1 Å². The Labute approximate surface area is 142 Å². The van der Waals surface area contributed by atoms with E-state index in [-0.39, 0.29) is 12.3 Å². The van der Waals surface area contributed by atoms with Gasteiger partial charge in [0.1, 0.15) is 23.1 Å². The second-order valence-electron chi connectivity index (χ2n) is 5.34. The summed E-state index contributed by atoms with van der Waals surface area (Å²) in [5.41, 5.74) is 0.267. The number of nitrogens with zero attached hydrogens (tertiary/aromatic N) is 1. The molecule has 0 aliphatic rings. The van der Waals surface area contributed by atoms with Crippen LogP contribution in [-0.2, 0) is 11.3 Å². The first-order valence-electron chi connectivity index (χ1n) is 7.31. The summed E-state index contributed by atoms with van der Waals surface area (Å²) in [6.45, 7) is -2.67. The van der Waals surface area contributed by atoms with Crippen LogP contribution >= 0.6 is 0 Å². The van der Waals surface area contributed by atoms with E-state index in [1.54, 1.807) is 24.1 Å². The molecule has 1 amide bonds. The molecule has 25 heavy (non-hydrogen) atoms. The predicted octanol–water partition coefficient (Wildman–Crippen LogP) is 3.64. The van der Waals surface area contributed by atoms with Gasteiger partial charge in [-0.1, -0.05) is 18.2 Å². The number of halogens is 4. The highest BCUT2D eigenvalue weighted by molar-refractivity contribution is 5.92. The fourth-order valence-electron chi connectivity index (χ4n) is 2.19. The van der Waals surface area contributed by atoms with Crippen molar-refractivity contribution in [1.29, 1.82) is 0 Å². The SMILES string of the molecule is CN(CC(=O)Nc1c(F)cccc1F)Cc1ccc(OC(F)F)cc1. The highest BCUT2D eigenvalue weighted by Gasteiger charge is 2.13. The molecule has 0 heterocycles. The van der Waals surface area contributed by atoms with Gasteiger partial charge in [-0.05, 0) is 36.9 Å². The smallest absolute Gasteiger partial charge is 0.387 e. The normalized spacial score (nSPS) is 11.0. The second-order valence-corrected chi connectivity index (χ2v) is 5.34. The summed E-state index contributed by atoms with van der Waals surface area (Å²) in [5, 5.41) is 2.19. The molecule has 0 spiro atoms. The number of carbonyl (C=O) groups is 1. The van der Waals surface area contributed by atoms with E-state index in [1.807, 2.05) is 0 Å². The molecule has 2 aromatic rings. The molecule has 8 heteroatoms. The molecule has 0 aromatic heterocycles. The van der Waals surface area contributed by atoms with E-state index >= 15 is 0 Å². The van der Waals surface area contributed by atoms with Gasteiger partial charge < -0.3 is 10.1 Å². The number of para-hydroxylation sites is 1.